The largest absolute Gasteiger partial charge is 0.347 e. The molecule has 0 aliphatic rings. The van der Waals surface area contributed by atoms with Crippen molar-refractivity contribution in [3.05, 3.63) is 50.6 Å². The van der Waals surface area contributed by atoms with Crippen molar-refractivity contribution in [1.29, 1.82) is 0 Å². The molecule has 8 heteroatoms. The number of nitrogens with one attached hydrogen (secondary N) is 2. The van der Waals surface area contributed by atoms with Gasteiger partial charge in [-0.1, -0.05) is 0 Å². The third kappa shape index (κ3) is 5.14. The van der Waals surface area contributed by atoms with Gasteiger partial charge in [0.1, 0.15) is 0 Å². The van der Waals surface area contributed by atoms with E-state index < -0.39 is 10.0 Å². The molecule has 1 aromatic carbocycles. The van der Waals surface area contributed by atoms with E-state index in [4.69, 9.17) is 0 Å². The van der Waals surface area contributed by atoms with Crippen LogP contribution in [0, 0.1) is 0 Å². The number of thiophene rings is 1. The van der Waals surface area contributed by atoms with E-state index >= 15 is 0 Å². The first-order valence-corrected chi connectivity index (χ1v) is 9.49. The summed E-state index contributed by atoms with van der Waals surface area (Å²) in [5.41, 5.74) is 0.904. The second-order valence-corrected chi connectivity index (χ2v) is 8.03. The Balaban J connectivity index is 1.96. The second kappa shape index (κ2) is 6.59. The lowest BCUT2D eigenvalue weighted by molar-refractivity contribution is 0.0951. The highest BCUT2D eigenvalue weighted by Gasteiger charge is 2.07. The molecule has 0 aliphatic carbocycles. The first-order valence-electron chi connectivity index (χ1n) is 5.92. The highest BCUT2D eigenvalue weighted by Crippen LogP contribution is 2.19. The molecule has 112 valence electrons. The summed E-state index contributed by atoms with van der Waals surface area (Å²) in [6, 6.07) is 8.21. The molecule has 0 aliphatic heterocycles. The fourth-order valence-corrected chi connectivity index (χ4v) is 3.57. The highest BCUT2D eigenvalue weighted by atomic mass is 79.9. The average molecular weight is 389 g/mol. The molecule has 2 aromatic rings. The summed E-state index contributed by atoms with van der Waals surface area (Å²) in [7, 11) is -3.31. The second-order valence-electron chi connectivity index (χ2n) is 4.37. The molecule has 0 spiro atoms. The summed E-state index contributed by atoms with van der Waals surface area (Å²) in [5, 5.41) is 4.76. The Morgan fingerprint density at radius 1 is 1.29 bits per heavy atom. The van der Waals surface area contributed by atoms with Crippen LogP contribution in [-0.4, -0.2) is 20.6 Å². The maximum Gasteiger partial charge on any atom is 0.251 e. The molecular formula is C13H13BrN2O3S2. The Kier molecular flexibility index (Phi) is 5.02. The van der Waals surface area contributed by atoms with Crippen LogP contribution in [-0.2, 0) is 16.6 Å². The van der Waals surface area contributed by atoms with Gasteiger partial charge in [0.05, 0.1) is 12.8 Å². The van der Waals surface area contributed by atoms with Crippen molar-refractivity contribution in [2.75, 3.05) is 11.0 Å². The van der Waals surface area contributed by atoms with Crippen LogP contribution in [0.15, 0.2) is 40.2 Å². The van der Waals surface area contributed by atoms with Gasteiger partial charge in [-0.25, -0.2) is 8.42 Å². The lowest BCUT2D eigenvalue weighted by Crippen LogP contribution is -2.22. The van der Waals surface area contributed by atoms with Gasteiger partial charge < -0.3 is 5.32 Å². The van der Waals surface area contributed by atoms with Gasteiger partial charge in [0.2, 0.25) is 10.0 Å². The number of benzene rings is 1. The average Bonchev–Trinajstić information content (AvgIpc) is 2.81. The van der Waals surface area contributed by atoms with Crippen LogP contribution in [0.4, 0.5) is 5.69 Å². The Labute approximate surface area is 135 Å². The fourth-order valence-electron chi connectivity index (χ4n) is 1.62. The number of halogens is 1. The van der Waals surface area contributed by atoms with E-state index in [2.05, 4.69) is 26.0 Å². The first kappa shape index (κ1) is 16.0. The quantitative estimate of drug-likeness (QED) is 0.826. The molecule has 0 radical (unpaired) electrons. The maximum atomic E-state index is 12.0. The van der Waals surface area contributed by atoms with E-state index in [1.807, 2.05) is 11.4 Å². The van der Waals surface area contributed by atoms with Crippen molar-refractivity contribution in [1.82, 2.24) is 5.32 Å². The van der Waals surface area contributed by atoms with Crippen LogP contribution >= 0.6 is 27.3 Å². The van der Waals surface area contributed by atoms with Gasteiger partial charge in [-0.15, -0.1) is 11.3 Å². The molecular weight excluding hydrogens is 376 g/mol. The Hall–Kier alpha value is -1.38. The molecule has 2 N–H and O–H groups in total. The number of anilines is 1. The van der Waals surface area contributed by atoms with Crippen molar-refractivity contribution in [3.63, 3.8) is 0 Å². The summed E-state index contributed by atoms with van der Waals surface area (Å²) in [6.45, 7) is 0.457. The maximum absolute atomic E-state index is 12.0. The summed E-state index contributed by atoms with van der Waals surface area (Å²) < 4.78 is 25.5. The number of carbonyl (C=O) groups excluding carboxylic acids is 1. The van der Waals surface area contributed by atoms with Gasteiger partial charge >= 0.3 is 0 Å². The van der Waals surface area contributed by atoms with E-state index in [-0.39, 0.29) is 5.91 Å². The van der Waals surface area contributed by atoms with Gasteiger partial charge in [0.25, 0.3) is 5.91 Å². The van der Waals surface area contributed by atoms with Gasteiger partial charge in [-0.2, -0.15) is 0 Å². The smallest absolute Gasteiger partial charge is 0.251 e. The van der Waals surface area contributed by atoms with Gasteiger partial charge in [0, 0.05) is 26.0 Å². The first-order chi connectivity index (χ1) is 9.83. The number of rotatable bonds is 5. The zero-order valence-corrected chi connectivity index (χ0v) is 14.3. The molecule has 5 nitrogen and oxygen atoms in total. The van der Waals surface area contributed by atoms with Crippen molar-refractivity contribution >= 4 is 48.9 Å². The van der Waals surface area contributed by atoms with Crippen LogP contribution in [0.1, 0.15) is 15.2 Å². The SMILES string of the molecule is CS(=O)(=O)Nc1ccc(C(=O)NCc2cc(Br)cs2)cc1. The van der Waals surface area contributed by atoms with Gasteiger partial charge in [-0.3, -0.25) is 9.52 Å². The van der Waals surface area contributed by atoms with Crippen LogP contribution in [0.2, 0.25) is 0 Å². The van der Waals surface area contributed by atoms with E-state index in [9.17, 15) is 13.2 Å². The third-order valence-electron chi connectivity index (χ3n) is 2.50. The van der Waals surface area contributed by atoms with Gasteiger partial charge in [0.15, 0.2) is 0 Å². The standard InChI is InChI=1S/C13H13BrN2O3S2/c1-21(18,19)16-11-4-2-9(3-5-11)13(17)15-7-12-6-10(14)8-20-12/h2-6,8,16H,7H2,1H3,(H,15,17). The van der Waals surface area contributed by atoms with Crippen LogP contribution < -0.4 is 10.0 Å². The highest BCUT2D eigenvalue weighted by molar-refractivity contribution is 9.10. The lowest BCUT2D eigenvalue weighted by Gasteiger charge is -2.06. The Bertz CT molecular complexity index is 739. The molecule has 0 unspecified atom stereocenters. The van der Waals surface area contributed by atoms with E-state index in [0.717, 1.165) is 15.6 Å². The third-order valence-corrected chi connectivity index (χ3v) is 4.80. The number of hydrogen-bond acceptors (Lipinski definition) is 4. The summed E-state index contributed by atoms with van der Waals surface area (Å²) >= 11 is 4.91. The van der Waals surface area contributed by atoms with E-state index in [1.165, 1.54) is 0 Å². The number of carbonyl (C=O) groups is 1. The normalized spacial score (nSPS) is 11.1. The molecule has 0 fully saturated rings. The van der Waals surface area contributed by atoms with Gasteiger partial charge in [-0.05, 0) is 46.3 Å². The zero-order valence-electron chi connectivity index (χ0n) is 11.1. The monoisotopic (exact) mass is 388 g/mol. The molecule has 1 aromatic heterocycles. The molecule has 0 atom stereocenters. The molecule has 0 bridgehead atoms. The zero-order chi connectivity index (χ0) is 15.5. The van der Waals surface area contributed by atoms with E-state index in [1.54, 1.807) is 35.6 Å². The molecule has 2 rings (SSSR count). The van der Waals surface area contributed by atoms with Crippen molar-refractivity contribution < 1.29 is 13.2 Å². The summed E-state index contributed by atoms with van der Waals surface area (Å²) in [4.78, 5) is 13.0. The predicted molar refractivity (Wildman–Crippen MR) is 88.1 cm³/mol. The van der Waals surface area contributed by atoms with Crippen LogP contribution in [0.5, 0.6) is 0 Å². The fraction of sp³-hybridized carbons (Fsp3) is 0.154. The molecule has 0 saturated carbocycles. The van der Waals surface area contributed by atoms with Crippen molar-refractivity contribution in [3.8, 4) is 0 Å². The Morgan fingerprint density at radius 2 is 1.95 bits per heavy atom. The predicted octanol–water partition coefficient (Wildman–Crippen LogP) is 2.81. The number of hydrogen-bond donors (Lipinski definition) is 2. The topological polar surface area (TPSA) is 75.3 Å². The van der Waals surface area contributed by atoms with Crippen LogP contribution in [0.3, 0.4) is 0 Å². The molecule has 1 amide bonds. The summed E-state index contributed by atoms with van der Waals surface area (Å²) in [6.07, 6.45) is 1.08. The minimum Gasteiger partial charge on any atom is -0.347 e. The molecule has 21 heavy (non-hydrogen) atoms. The van der Waals surface area contributed by atoms with Crippen molar-refractivity contribution in [2.45, 2.75) is 6.54 Å². The summed E-state index contributed by atoms with van der Waals surface area (Å²) in [5.74, 6) is -0.203. The molecule has 1 heterocycles. The minimum atomic E-state index is -3.31. The Morgan fingerprint density at radius 3 is 2.48 bits per heavy atom. The van der Waals surface area contributed by atoms with Crippen molar-refractivity contribution in [2.24, 2.45) is 0 Å². The number of amides is 1. The van der Waals surface area contributed by atoms with E-state index in [0.29, 0.717) is 17.8 Å². The number of sulfonamides is 1. The van der Waals surface area contributed by atoms with Crippen LogP contribution in [0.25, 0.3) is 0 Å². The minimum absolute atomic E-state index is 0.203. The lowest BCUT2D eigenvalue weighted by atomic mass is 10.2. The molecule has 0 saturated heterocycles.